The molecule has 0 aromatic heterocycles. The first-order chi connectivity index (χ1) is 7.10. The highest BCUT2D eigenvalue weighted by Gasteiger charge is 2.37. The number of carbonyl (C=O) groups is 1. The maximum atomic E-state index is 11.8. The van der Waals surface area contributed by atoms with E-state index in [9.17, 15) is 4.79 Å². The Morgan fingerprint density at radius 2 is 2.00 bits per heavy atom. The quantitative estimate of drug-likeness (QED) is 0.623. The molecule has 0 aromatic rings. The summed E-state index contributed by atoms with van der Waals surface area (Å²) in [5.41, 5.74) is 5.41. The van der Waals surface area contributed by atoms with Crippen LogP contribution < -0.4 is 11.1 Å². The lowest BCUT2D eigenvalue weighted by atomic mass is 9.82. The number of hydrogen-bond acceptors (Lipinski definition) is 3. The Balaban J connectivity index is 1.72. The van der Waals surface area contributed by atoms with Gasteiger partial charge in [-0.25, -0.2) is 0 Å². The average Bonchev–Trinajstić information content (AvgIpc) is 2.59. The number of aliphatic hydroxyl groups is 1. The van der Waals surface area contributed by atoms with Gasteiger partial charge < -0.3 is 16.2 Å². The van der Waals surface area contributed by atoms with E-state index in [1.165, 1.54) is 0 Å². The van der Waals surface area contributed by atoms with Crippen molar-refractivity contribution in [1.29, 1.82) is 0 Å². The number of nitrogens with one attached hydrogen (secondary N) is 1. The molecule has 0 aliphatic heterocycles. The average molecular weight is 212 g/mol. The minimum absolute atomic E-state index is 0.00129. The molecule has 2 aliphatic carbocycles. The molecule has 4 heteroatoms. The molecule has 0 aromatic carbocycles. The Kier molecular flexibility index (Phi) is 2.98. The van der Waals surface area contributed by atoms with E-state index in [0.29, 0.717) is 12.5 Å². The molecule has 2 fully saturated rings. The van der Waals surface area contributed by atoms with Crippen LogP contribution in [0.1, 0.15) is 38.5 Å². The number of aliphatic hydroxyl groups excluding tert-OH is 1. The van der Waals surface area contributed by atoms with Crippen LogP contribution in [-0.4, -0.2) is 29.2 Å². The Morgan fingerprint density at radius 1 is 1.40 bits per heavy atom. The summed E-state index contributed by atoms with van der Waals surface area (Å²) in [6.07, 6.45) is 5.23. The van der Waals surface area contributed by atoms with Crippen molar-refractivity contribution < 1.29 is 9.90 Å². The summed E-state index contributed by atoms with van der Waals surface area (Å²) < 4.78 is 0. The van der Waals surface area contributed by atoms with E-state index in [1.807, 2.05) is 0 Å². The molecule has 0 atom stereocenters. The van der Waals surface area contributed by atoms with Gasteiger partial charge in [0, 0.05) is 6.54 Å². The van der Waals surface area contributed by atoms with Gasteiger partial charge >= 0.3 is 0 Å². The summed E-state index contributed by atoms with van der Waals surface area (Å²) in [5.74, 6) is 0.454. The number of hydrogen-bond donors (Lipinski definition) is 3. The van der Waals surface area contributed by atoms with Crippen molar-refractivity contribution in [1.82, 2.24) is 5.32 Å². The topological polar surface area (TPSA) is 75.4 Å². The van der Waals surface area contributed by atoms with Crippen LogP contribution in [0.15, 0.2) is 0 Å². The highest BCUT2D eigenvalue weighted by atomic mass is 16.3. The third-order valence-electron chi connectivity index (χ3n) is 3.71. The molecule has 2 rings (SSSR count). The Bertz CT molecular complexity index is 243. The second kappa shape index (κ2) is 4.10. The molecule has 86 valence electrons. The second-order valence-electron chi connectivity index (χ2n) is 5.06. The number of nitrogens with two attached hydrogens (primary N) is 1. The molecular weight excluding hydrogens is 192 g/mol. The van der Waals surface area contributed by atoms with Gasteiger partial charge in [0.25, 0.3) is 0 Å². The summed E-state index contributed by atoms with van der Waals surface area (Å²) in [7, 11) is 0. The number of rotatable bonds is 3. The zero-order valence-electron chi connectivity index (χ0n) is 9.04. The first-order valence-electron chi connectivity index (χ1n) is 5.85. The van der Waals surface area contributed by atoms with E-state index >= 15 is 0 Å². The molecule has 0 saturated heterocycles. The Morgan fingerprint density at radius 3 is 2.53 bits per heavy atom. The Labute approximate surface area is 90.2 Å². The van der Waals surface area contributed by atoms with Gasteiger partial charge in [-0.1, -0.05) is 12.8 Å². The van der Waals surface area contributed by atoms with Crippen molar-refractivity contribution in [3.05, 3.63) is 0 Å². The minimum Gasteiger partial charge on any atom is -0.393 e. The molecule has 0 unspecified atom stereocenters. The van der Waals surface area contributed by atoms with Crippen LogP contribution in [0.5, 0.6) is 0 Å². The first-order valence-corrected chi connectivity index (χ1v) is 5.85. The van der Waals surface area contributed by atoms with Gasteiger partial charge in [-0.15, -0.1) is 0 Å². The molecule has 2 aliphatic rings. The van der Waals surface area contributed by atoms with Crippen molar-refractivity contribution in [2.45, 2.75) is 50.2 Å². The van der Waals surface area contributed by atoms with Gasteiger partial charge in [-0.3, -0.25) is 4.79 Å². The molecule has 4 N–H and O–H groups in total. The molecular formula is C11H20N2O2. The molecule has 2 saturated carbocycles. The van der Waals surface area contributed by atoms with Crippen LogP contribution >= 0.6 is 0 Å². The molecule has 1 amide bonds. The lowest BCUT2D eigenvalue weighted by molar-refractivity contribution is -0.126. The SMILES string of the molecule is NC1(C(=O)NCC2CC(O)C2)CCCC1. The normalized spacial score (nSPS) is 33.5. The predicted molar refractivity (Wildman–Crippen MR) is 57.1 cm³/mol. The lowest BCUT2D eigenvalue weighted by Crippen LogP contribution is -2.53. The largest absolute Gasteiger partial charge is 0.393 e. The van der Waals surface area contributed by atoms with Crippen LogP contribution in [0.25, 0.3) is 0 Å². The van der Waals surface area contributed by atoms with E-state index in [1.54, 1.807) is 0 Å². The van der Waals surface area contributed by atoms with Gasteiger partial charge in [0.15, 0.2) is 0 Å². The van der Waals surface area contributed by atoms with Crippen molar-refractivity contribution in [2.24, 2.45) is 11.7 Å². The van der Waals surface area contributed by atoms with Crippen LogP contribution in [0.2, 0.25) is 0 Å². The lowest BCUT2D eigenvalue weighted by Gasteiger charge is -2.32. The summed E-state index contributed by atoms with van der Waals surface area (Å²) in [5, 5.41) is 12.0. The molecule has 0 spiro atoms. The predicted octanol–water partition coefficient (Wildman–Crippen LogP) is 0.145. The van der Waals surface area contributed by atoms with Crippen molar-refractivity contribution in [2.75, 3.05) is 6.54 Å². The monoisotopic (exact) mass is 212 g/mol. The summed E-state index contributed by atoms with van der Waals surface area (Å²) in [4.78, 5) is 11.8. The fraction of sp³-hybridized carbons (Fsp3) is 0.909. The van der Waals surface area contributed by atoms with E-state index in [-0.39, 0.29) is 12.0 Å². The van der Waals surface area contributed by atoms with Gasteiger partial charge in [-0.05, 0) is 31.6 Å². The standard InChI is InChI=1S/C11H20N2O2/c12-11(3-1-2-4-11)10(15)13-7-8-5-9(14)6-8/h8-9,14H,1-7,12H2,(H,13,15). The van der Waals surface area contributed by atoms with E-state index < -0.39 is 5.54 Å². The summed E-state index contributed by atoms with van der Waals surface area (Å²) in [6.45, 7) is 0.675. The Hall–Kier alpha value is -0.610. The summed E-state index contributed by atoms with van der Waals surface area (Å²) >= 11 is 0. The molecule has 4 nitrogen and oxygen atoms in total. The zero-order chi connectivity index (χ0) is 10.9. The minimum atomic E-state index is -0.609. The first kappa shape index (κ1) is 10.9. The fourth-order valence-electron chi connectivity index (χ4n) is 2.51. The van der Waals surface area contributed by atoms with Crippen LogP contribution in [-0.2, 0) is 4.79 Å². The third-order valence-corrected chi connectivity index (χ3v) is 3.71. The van der Waals surface area contributed by atoms with Gasteiger partial charge in [0.05, 0.1) is 11.6 Å². The smallest absolute Gasteiger partial charge is 0.240 e. The number of amides is 1. The maximum Gasteiger partial charge on any atom is 0.240 e. The van der Waals surface area contributed by atoms with Crippen molar-refractivity contribution >= 4 is 5.91 Å². The van der Waals surface area contributed by atoms with E-state index in [2.05, 4.69) is 5.32 Å². The summed E-state index contributed by atoms with van der Waals surface area (Å²) in [6, 6.07) is 0. The number of carbonyl (C=O) groups excluding carboxylic acids is 1. The highest BCUT2D eigenvalue weighted by molar-refractivity contribution is 5.86. The van der Waals surface area contributed by atoms with Crippen LogP contribution in [0.3, 0.4) is 0 Å². The molecule has 15 heavy (non-hydrogen) atoms. The van der Waals surface area contributed by atoms with Crippen LogP contribution in [0, 0.1) is 5.92 Å². The van der Waals surface area contributed by atoms with E-state index in [0.717, 1.165) is 38.5 Å². The molecule has 0 heterocycles. The molecule has 0 bridgehead atoms. The van der Waals surface area contributed by atoms with Crippen molar-refractivity contribution in [3.63, 3.8) is 0 Å². The third kappa shape index (κ3) is 2.32. The second-order valence-corrected chi connectivity index (χ2v) is 5.06. The van der Waals surface area contributed by atoms with Crippen molar-refractivity contribution in [3.8, 4) is 0 Å². The maximum absolute atomic E-state index is 11.8. The van der Waals surface area contributed by atoms with Crippen LogP contribution in [0.4, 0.5) is 0 Å². The highest BCUT2D eigenvalue weighted by Crippen LogP contribution is 2.29. The molecule has 0 radical (unpaired) electrons. The zero-order valence-corrected chi connectivity index (χ0v) is 9.04. The fourth-order valence-corrected chi connectivity index (χ4v) is 2.51. The van der Waals surface area contributed by atoms with E-state index in [4.69, 9.17) is 10.8 Å². The van der Waals surface area contributed by atoms with Gasteiger partial charge in [-0.2, -0.15) is 0 Å². The van der Waals surface area contributed by atoms with Gasteiger partial charge in [0.2, 0.25) is 5.91 Å². The van der Waals surface area contributed by atoms with Gasteiger partial charge in [0.1, 0.15) is 0 Å².